The van der Waals surface area contributed by atoms with E-state index in [1.165, 1.54) is 6.92 Å². The number of aliphatic carboxylic acids is 1. The zero-order chi connectivity index (χ0) is 16.3. The van der Waals surface area contributed by atoms with Crippen molar-refractivity contribution in [2.45, 2.75) is 33.6 Å². The van der Waals surface area contributed by atoms with Gasteiger partial charge in [0, 0.05) is 36.4 Å². The molecule has 0 unspecified atom stereocenters. The minimum Gasteiger partial charge on any atom is -0.478 e. The van der Waals surface area contributed by atoms with Crippen molar-refractivity contribution in [3.63, 3.8) is 0 Å². The second-order valence-electron chi connectivity index (χ2n) is 4.91. The molecule has 0 saturated heterocycles. The molecule has 0 aliphatic carbocycles. The van der Waals surface area contributed by atoms with E-state index in [-0.39, 0.29) is 0 Å². The fraction of sp³-hybridized carbons (Fsp3) is 0.294. The molecule has 5 nitrogen and oxygen atoms in total. The maximum Gasteiger partial charge on any atom is 0.328 e. The number of allylic oxidation sites excluding steroid dienone is 1. The molecule has 1 N–H and O–H groups in total. The summed E-state index contributed by atoms with van der Waals surface area (Å²) in [5.41, 5.74) is 1.79. The molecule has 1 aromatic heterocycles. The lowest BCUT2D eigenvalue weighted by molar-refractivity contribution is -0.132. The van der Waals surface area contributed by atoms with Gasteiger partial charge in [-0.3, -0.25) is 4.79 Å². The van der Waals surface area contributed by atoms with Gasteiger partial charge in [-0.1, -0.05) is 13.8 Å². The highest BCUT2D eigenvalue weighted by Crippen LogP contribution is 2.34. The first-order valence-corrected chi connectivity index (χ1v) is 7.13. The molecule has 0 aliphatic heterocycles. The first kappa shape index (κ1) is 15.8. The number of hydrogen-bond acceptors (Lipinski definition) is 4. The second kappa shape index (κ2) is 6.47. The Bertz CT molecular complexity index is 752. The second-order valence-corrected chi connectivity index (χ2v) is 4.91. The summed E-state index contributed by atoms with van der Waals surface area (Å²) >= 11 is 0. The van der Waals surface area contributed by atoms with Crippen molar-refractivity contribution >= 4 is 28.5 Å². The summed E-state index contributed by atoms with van der Waals surface area (Å²) < 4.78 is 10.9. The van der Waals surface area contributed by atoms with Gasteiger partial charge >= 0.3 is 11.9 Å². The predicted molar refractivity (Wildman–Crippen MR) is 82.8 cm³/mol. The average Bonchev–Trinajstić information content (AvgIpc) is 2.85. The van der Waals surface area contributed by atoms with Crippen LogP contribution in [0, 0.1) is 0 Å². The molecular weight excluding hydrogens is 284 g/mol. The number of rotatable bonds is 5. The van der Waals surface area contributed by atoms with Crippen LogP contribution in [-0.2, 0) is 16.0 Å². The Morgan fingerprint density at radius 3 is 2.55 bits per heavy atom. The first-order valence-electron chi connectivity index (χ1n) is 7.13. The molecule has 2 rings (SSSR count). The van der Waals surface area contributed by atoms with Gasteiger partial charge in [-0.15, -0.1) is 0 Å². The van der Waals surface area contributed by atoms with E-state index in [1.807, 2.05) is 19.9 Å². The Kier molecular flexibility index (Phi) is 4.65. The van der Waals surface area contributed by atoms with Gasteiger partial charge in [0.05, 0.1) is 0 Å². The standard InChI is InChI=1S/C17H18O5/c1-4-11(8-17(19)20)14-7-12-6-13(5-2)22-15(12)9-16(14)21-10(3)18/h6-9H,4-5H2,1-3H3,(H,19,20)/b11-8+. The maximum atomic E-state index is 11.3. The SMILES string of the molecule is CC/C(=C\C(=O)O)c1cc2cc(CC)oc2cc1OC(C)=O. The number of esters is 1. The number of carboxylic acid groups (broad SMARTS) is 1. The van der Waals surface area contributed by atoms with Crippen molar-refractivity contribution in [2.75, 3.05) is 0 Å². The lowest BCUT2D eigenvalue weighted by Gasteiger charge is -2.11. The Labute approximate surface area is 128 Å². The molecule has 5 heteroatoms. The van der Waals surface area contributed by atoms with Gasteiger partial charge < -0.3 is 14.3 Å². The number of aryl methyl sites for hydroxylation is 1. The molecule has 2 aromatic rings. The summed E-state index contributed by atoms with van der Waals surface area (Å²) in [5.74, 6) is -0.367. The van der Waals surface area contributed by atoms with E-state index in [9.17, 15) is 9.59 Å². The number of benzene rings is 1. The normalized spacial score (nSPS) is 11.7. The van der Waals surface area contributed by atoms with E-state index in [0.29, 0.717) is 28.9 Å². The summed E-state index contributed by atoms with van der Waals surface area (Å²) in [6, 6.07) is 5.34. The highest BCUT2D eigenvalue weighted by Gasteiger charge is 2.15. The minimum absolute atomic E-state index is 0.311. The van der Waals surface area contributed by atoms with Gasteiger partial charge in [-0.05, 0) is 24.1 Å². The Morgan fingerprint density at radius 1 is 1.27 bits per heavy atom. The molecule has 0 amide bonds. The number of carbonyl (C=O) groups excluding carboxylic acids is 1. The quantitative estimate of drug-likeness (QED) is 0.516. The van der Waals surface area contributed by atoms with Gasteiger partial charge in [0.2, 0.25) is 0 Å². The average molecular weight is 302 g/mol. The topological polar surface area (TPSA) is 76.7 Å². The number of hydrogen-bond donors (Lipinski definition) is 1. The molecular formula is C17H18O5. The Balaban J connectivity index is 2.66. The van der Waals surface area contributed by atoms with Crippen LogP contribution < -0.4 is 4.74 Å². The molecule has 1 heterocycles. The van der Waals surface area contributed by atoms with Gasteiger partial charge in [0.25, 0.3) is 0 Å². The fourth-order valence-corrected chi connectivity index (χ4v) is 2.31. The molecule has 0 radical (unpaired) electrons. The van der Waals surface area contributed by atoms with E-state index < -0.39 is 11.9 Å². The Hall–Kier alpha value is -2.56. The number of carbonyl (C=O) groups is 2. The molecule has 0 spiro atoms. The smallest absolute Gasteiger partial charge is 0.328 e. The van der Waals surface area contributed by atoms with Crippen molar-refractivity contribution in [2.24, 2.45) is 0 Å². The predicted octanol–water partition coefficient (Wildman–Crippen LogP) is 3.80. The van der Waals surface area contributed by atoms with E-state index in [1.54, 1.807) is 12.1 Å². The molecule has 1 aromatic carbocycles. The lowest BCUT2D eigenvalue weighted by atomic mass is 10.00. The summed E-state index contributed by atoms with van der Waals surface area (Å²) in [6.07, 6.45) is 2.39. The molecule has 0 saturated carbocycles. The van der Waals surface area contributed by atoms with Crippen LogP contribution in [0.5, 0.6) is 5.75 Å². The van der Waals surface area contributed by atoms with Crippen LogP contribution in [0.4, 0.5) is 0 Å². The van der Waals surface area contributed by atoms with Gasteiger partial charge in [-0.2, -0.15) is 0 Å². The summed E-state index contributed by atoms with van der Waals surface area (Å²) in [7, 11) is 0. The van der Waals surface area contributed by atoms with Crippen LogP contribution in [0.3, 0.4) is 0 Å². The monoisotopic (exact) mass is 302 g/mol. The van der Waals surface area contributed by atoms with Crippen LogP contribution in [0.25, 0.3) is 16.5 Å². The molecule has 0 aliphatic rings. The summed E-state index contributed by atoms with van der Waals surface area (Å²) in [5, 5.41) is 9.86. The van der Waals surface area contributed by atoms with Crippen molar-refractivity contribution in [3.8, 4) is 5.75 Å². The minimum atomic E-state index is -1.04. The third kappa shape index (κ3) is 3.36. The number of fused-ring (bicyclic) bond motifs is 1. The van der Waals surface area contributed by atoms with E-state index in [0.717, 1.165) is 23.6 Å². The molecule has 0 fully saturated rings. The lowest BCUT2D eigenvalue weighted by Crippen LogP contribution is -2.04. The van der Waals surface area contributed by atoms with E-state index >= 15 is 0 Å². The number of furan rings is 1. The number of ether oxygens (including phenoxy) is 1. The van der Waals surface area contributed by atoms with Crippen LogP contribution in [-0.4, -0.2) is 17.0 Å². The van der Waals surface area contributed by atoms with Crippen molar-refractivity contribution < 1.29 is 23.8 Å². The van der Waals surface area contributed by atoms with Crippen LogP contribution in [0.15, 0.2) is 28.7 Å². The van der Waals surface area contributed by atoms with Crippen LogP contribution in [0.2, 0.25) is 0 Å². The molecule has 0 bridgehead atoms. The summed E-state index contributed by atoms with van der Waals surface area (Å²) in [4.78, 5) is 22.3. The Morgan fingerprint density at radius 2 is 2.00 bits per heavy atom. The largest absolute Gasteiger partial charge is 0.478 e. The van der Waals surface area contributed by atoms with Gasteiger partial charge in [0.15, 0.2) is 0 Å². The fourth-order valence-electron chi connectivity index (χ4n) is 2.31. The van der Waals surface area contributed by atoms with Crippen LogP contribution >= 0.6 is 0 Å². The van der Waals surface area contributed by atoms with Crippen molar-refractivity contribution in [3.05, 3.63) is 35.6 Å². The third-order valence-corrected chi connectivity index (χ3v) is 3.30. The van der Waals surface area contributed by atoms with E-state index in [2.05, 4.69) is 0 Å². The molecule has 22 heavy (non-hydrogen) atoms. The van der Waals surface area contributed by atoms with E-state index in [4.69, 9.17) is 14.3 Å². The number of carboxylic acids is 1. The zero-order valence-corrected chi connectivity index (χ0v) is 12.8. The van der Waals surface area contributed by atoms with Crippen molar-refractivity contribution in [1.82, 2.24) is 0 Å². The molecule has 116 valence electrons. The maximum absolute atomic E-state index is 11.3. The summed E-state index contributed by atoms with van der Waals surface area (Å²) in [6.45, 7) is 5.14. The zero-order valence-electron chi connectivity index (χ0n) is 12.8. The first-order chi connectivity index (χ1) is 10.4. The van der Waals surface area contributed by atoms with Crippen LogP contribution in [0.1, 0.15) is 38.5 Å². The van der Waals surface area contributed by atoms with Gasteiger partial charge in [0.1, 0.15) is 17.1 Å². The highest BCUT2D eigenvalue weighted by atomic mass is 16.5. The van der Waals surface area contributed by atoms with Gasteiger partial charge in [-0.25, -0.2) is 4.79 Å². The highest BCUT2D eigenvalue weighted by molar-refractivity contribution is 5.94. The molecule has 0 atom stereocenters. The third-order valence-electron chi connectivity index (χ3n) is 3.30. The van der Waals surface area contributed by atoms with Crippen molar-refractivity contribution in [1.29, 1.82) is 0 Å².